The van der Waals surface area contributed by atoms with Crippen LogP contribution < -0.4 is 5.32 Å². The van der Waals surface area contributed by atoms with E-state index in [9.17, 15) is 0 Å². The van der Waals surface area contributed by atoms with Crippen LogP contribution in [0, 0.1) is 5.92 Å². The lowest BCUT2D eigenvalue weighted by Gasteiger charge is -2.24. The highest BCUT2D eigenvalue weighted by Gasteiger charge is 2.21. The maximum absolute atomic E-state index is 5.68. The van der Waals surface area contributed by atoms with Crippen molar-refractivity contribution in [3.8, 4) is 0 Å². The molecule has 3 nitrogen and oxygen atoms in total. The topological polar surface area (TPSA) is 24.5 Å². The van der Waals surface area contributed by atoms with E-state index in [1.165, 1.54) is 51.9 Å². The molecule has 1 N–H and O–H groups in total. The van der Waals surface area contributed by atoms with Crippen LogP contribution in [-0.2, 0) is 4.74 Å². The van der Waals surface area contributed by atoms with Crippen molar-refractivity contribution < 1.29 is 4.74 Å². The Kier molecular flexibility index (Phi) is 4.90. The average molecular weight is 212 g/mol. The third-order valence-electron chi connectivity index (χ3n) is 3.26. The summed E-state index contributed by atoms with van der Waals surface area (Å²) in [6.45, 7) is 7.91. The molecule has 0 bridgehead atoms. The quantitative estimate of drug-likeness (QED) is 0.691. The van der Waals surface area contributed by atoms with Gasteiger partial charge >= 0.3 is 0 Å². The Labute approximate surface area is 93.2 Å². The molecular weight excluding hydrogens is 188 g/mol. The average Bonchev–Trinajstić information content (AvgIpc) is 2.98. The van der Waals surface area contributed by atoms with Crippen molar-refractivity contribution in [3.05, 3.63) is 0 Å². The predicted molar refractivity (Wildman–Crippen MR) is 62.1 cm³/mol. The summed E-state index contributed by atoms with van der Waals surface area (Å²) in [7, 11) is 0. The molecule has 1 saturated carbocycles. The van der Waals surface area contributed by atoms with E-state index in [4.69, 9.17) is 4.74 Å². The fraction of sp³-hybridized carbons (Fsp3) is 1.00. The standard InChI is InChI=1S/C12H24N2O/c1-5-13-6-2-8-14(7-1)9-10-15-11-12-3-4-12/h12-13H,1-11H2. The van der Waals surface area contributed by atoms with Crippen LogP contribution in [-0.4, -0.2) is 50.8 Å². The zero-order chi connectivity index (χ0) is 10.3. The normalized spacial score (nSPS) is 24.8. The van der Waals surface area contributed by atoms with Gasteiger partial charge < -0.3 is 15.0 Å². The minimum absolute atomic E-state index is 0.904. The highest BCUT2D eigenvalue weighted by Crippen LogP contribution is 2.28. The second kappa shape index (κ2) is 6.46. The van der Waals surface area contributed by atoms with Gasteiger partial charge in [-0.2, -0.15) is 0 Å². The highest BCUT2D eigenvalue weighted by molar-refractivity contribution is 4.72. The number of rotatable bonds is 5. The molecule has 2 fully saturated rings. The van der Waals surface area contributed by atoms with Crippen molar-refractivity contribution in [3.63, 3.8) is 0 Å². The van der Waals surface area contributed by atoms with Crippen molar-refractivity contribution in [2.75, 3.05) is 45.9 Å². The minimum Gasteiger partial charge on any atom is -0.380 e. The van der Waals surface area contributed by atoms with Crippen molar-refractivity contribution in [2.45, 2.75) is 25.7 Å². The lowest BCUT2D eigenvalue weighted by atomic mass is 10.3. The molecule has 1 aliphatic carbocycles. The third-order valence-corrected chi connectivity index (χ3v) is 3.26. The van der Waals surface area contributed by atoms with Gasteiger partial charge in [-0.1, -0.05) is 0 Å². The molecule has 0 unspecified atom stereocenters. The van der Waals surface area contributed by atoms with E-state index in [-0.39, 0.29) is 0 Å². The van der Waals surface area contributed by atoms with Crippen LogP contribution in [0.5, 0.6) is 0 Å². The summed E-state index contributed by atoms with van der Waals surface area (Å²) >= 11 is 0. The molecule has 0 aromatic heterocycles. The van der Waals surface area contributed by atoms with Gasteiger partial charge in [0.2, 0.25) is 0 Å². The monoisotopic (exact) mass is 212 g/mol. The van der Waals surface area contributed by atoms with Gasteiger partial charge in [0.15, 0.2) is 0 Å². The van der Waals surface area contributed by atoms with E-state index in [0.717, 1.165) is 25.7 Å². The molecule has 2 rings (SSSR count). The lowest BCUT2D eigenvalue weighted by molar-refractivity contribution is 0.0940. The SMILES string of the molecule is C1CNCCCN(CCOCC2CC2)C1. The second-order valence-corrected chi connectivity index (χ2v) is 4.82. The van der Waals surface area contributed by atoms with Crippen LogP contribution in [0.2, 0.25) is 0 Å². The zero-order valence-corrected chi connectivity index (χ0v) is 9.71. The zero-order valence-electron chi connectivity index (χ0n) is 9.71. The first-order valence-corrected chi connectivity index (χ1v) is 6.46. The van der Waals surface area contributed by atoms with Crippen molar-refractivity contribution in [1.82, 2.24) is 10.2 Å². The van der Waals surface area contributed by atoms with Gasteiger partial charge in [0.05, 0.1) is 6.61 Å². The maximum atomic E-state index is 5.68. The summed E-state index contributed by atoms with van der Waals surface area (Å²) < 4.78 is 5.68. The van der Waals surface area contributed by atoms with E-state index >= 15 is 0 Å². The Morgan fingerprint density at radius 2 is 1.87 bits per heavy atom. The van der Waals surface area contributed by atoms with E-state index < -0.39 is 0 Å². The fourth-order valence-corrected chi connectivity index (χ4v) is 2.04. The molecule has 0 amide bonds. The Morgan fingerprint density at radius 3 is 2.53 bits per heavy atom. The maximum Gasteiger partial charge on any atom is 0.0593 e. The van der Waals surface area contributed by atoms with Crippen LogP contribution in [0.25, 0.3) is 0 Å². The molecule has 1 heterocycles. The largest absolute Gasteiger partial charge is 0.380 e. The summed E-state index contributed by atoms with van der Waals surface area (Å²) in [6.07, 6.45) is 5.36. The Balaban J connectivity index is 1.50. The van der Waals surface area contributed by atoms with Crippen molar-refractivity contribution >= 4 is 0 Å². The summed E-state index contributed by atoms with van der Waals surface area (Å²) in [6, 6.07) is 0. The first kappa shape index (κ1) is 11.4. The summed E-state index contributed by atoms with van der Waals surface area (Å²) in [5, 5.41) is 3.44. The molecule has 0 aromatic carbocycles. The van der Waals surface area contributed by atoms with E-state index in [1.54, 1.807) is 0 Å². The molecule has 0 atom stereocenters. The predicted octanol–water partition coefficient (Wildman–Crippen LogP) is 1.10. The van der Waals surface area contributed by atoms with Gasteiger partial charge in [-0.25, -0.2) is 0 Å². The smallest absolute Gasteiger partial charge is 0.0593 e. The number of nitrogens with one attached hydrogen (secondary N) is 1. The lowest BCUT2D eigenvalue weighted by Crippen LogP contribution is -2.36. The molecule has 1 aliphatic heterocycles. The van der Waals surface area contributed by atoms with Gasteiger partial charge in [-0.3, -0.25) is 0 Å². The van der Waals surface area contributed by atoms with E-state index in [1.807, 2.05) is 0 Å². The van der Waals surface area contributed by atoms with E-state index in [2.05, 4.69) is 10.2 Å². The summed E-state index contributed by atoms with van der Waals surface area (Å²) in [5.74, 6) is 0.904. The number of ether oxygens (including phenoxy) is 1. The van der Waals surface area contributed by atoms with Gasteiger partial charge in [-0.15, -0.1) is 0 Å². The van der Waals surface area contributed by atoms with Gasteiger partial charge in [0.25, 0.3) is 0 Å². The third kappa shape index (κ3) is 4.96. The Bertz CT molecular complexity index is 163. The molecule has 2 aliphatic rings. The fourth-order valence-electron chi connectivity index (χ4n) is 2.04. The molecule has 0 spiro atoms. The van der Waals surface area contributed by atoms with Gasteiger partial charge in [0.1, 0.15) is 0 Å². The first-order chi connectivity index (χ1) is 7.45. The minimum atomic E-state index is 0.904. The molecule has 0 aromatic rings. The Hall–Kier alpha value is -0.120. The van der Waals surface area contributed by atoms with E-state index in [0.29, 0.717) is 0 Å². The van der Waals surface area contributed by atoms with Crippen LogP contribution >= 0.6 is 0 Å². The highest BCUT2D eigenvalue weighted by atomic mass is 16.5. The first-order valence-electron chi connectivity index (χ1n) is 6.46. The summed E-state index contributed by atoms with van der Waals surface area (Å²) in [5.41, 5.74) is 0. The molecular formula is C12H24N2O. The molecule has 0 radical (unpaired) electrons. The number of hydrogen-bond acceptors (Lipinski definition) is 3. The number of hydrogen-bond donors (Lipinski definition) is 1. The molecule has 88 valence electrons. The van der Waals surface area contributed by atoms with Crippen LogP contribution in [0.1, 0.15) is 25.7 Å². The molecule has 1 saturated heterocycles. The number of nitrogens with zero attached hydrogens (tertiary/aromatic N) is 1. The van der Waals surface area contributed by atoms with Crippen LogP contribution in [0.3, 0.4) is 0 Å². The summed E-state index contributed by atoms with van der Waals surface area (Å²) in [4.78, 5) is 2.55. The second-order valence-electron chi connectivity index (χ2n) is 4.82. The molecule has 3 heteroatoms. The van der Waals surface area contributed by atoms with Gasteiger partial charge in [0, 0.05) is 13.2 Å². The molecule has 15 heavy (non-hydrogen) atoms. The van der Waals surface area contributed by atoms with Crippen LogP contribution in [0.4, 0.5) is 0 Å². The van der Waals surface area contributed by atoms with Crippen LogP contribution in [0.15, 0.2) is 0 Å². The van der Waals surface area contributed by atoms with Gasteiger partial charge in [-0.05, 0) is 57.8 Å². The van der Waals surface area contributed by atoms with Crippen molar-refractivity contribution in [2.24, 2.45) is 5.92 Å². The Morgan fingerprint density at radius 1 is 1.13 bits per heavy atom. The van der Waals surface area contributed by atoms with Crippen molar-refractivity contribution in [1.29, 1.82) is 0 Å².